The largest absolute Gasteiger partial charge is 0.390 e. The van der Waals surface area contributed by atoms with Gasteiger partial charge in [-0.3, -0.25) is 0 Å². The Morgan fingerprint density at radius 3 is 2.08 bits per heavy atom. The van der Waals surface area contributed by atoms with Gasteiger partial charge >= 0.3 is 0 Å². The van der Waals surface area contributed by atoms with Crippen molar-refractivity contribution in [2.45, 2.75) is 59.5 Å². The van der Waals surface area contributed by atoms with E-state index >= 15 is 0 Å². The molecule has 1 nitrogen and oxygen atoms in total. The van der Waals surface area contributed by atoms with Crippen molar-refractivity contribution >= 4 is 0 Å². The van der Waals surface area contributed by atoms with Gasteiger partial charge in [-0.2, -0.15) is 0 Å². The molecule has 12 heavy (non-hydrogen) atoms. The Labute approximate surface area is 76.5 Å². The number of hydrogen-bond acceptors (Lipinski definition) is 1. The van der Waals surface area contributed by atoms with E-state index in [1.165, 1.54) is 11.1 Å². The molecule has 0 amide bonds. The van der Waals surface area contributed by atoms with Gasteiger partial charge in [-0.05, 0) is 47.0 Å². The summed E-state index contributed by atoms with van der Waals surface area (Å²) in [5.41, 5.74) is 2.31. The van der Waals surface area contributed by atoms with Crippen LogP contribution in [0.15, 0.2) is 11.1 Å². The lowest BCUT2D eigenvalue weighted by Gasteiger charge is -2.21. The molecule has 0 aliphatic heterocycles. The molecule has 0 saturated carbocycles. The lowest BCUT2D eigenvalue weighted by molar-refractivity contribution is 0.0473. The van der Waals surface area contributed by atoms with Crippen LogP contribution in [0, 0.1) is 0 Å². The van der Waals surface area contributed by atoms with E-state index in [0.29, 0.717) is 0 Å². The van der Waals surface area contributed by atoms with Crippen LogP contribution in [0.25, 0.3) is 0 Å². The Balaban J connectivity index is 3.92. The molecule has 0 radical (unpaired) electrons. The topological polar surface area (TPSA) is 20.2 Å². The van der Waals surface area contributed by atoms with E-state index < -0.39 is 5.60 Å². The maximum absolute atomic E-state index is 9.73. The Morgan fingerprint density at radius 2 is 1.75 bits per heavy atom. The Hall–Kier alpha value is -0.300. The van der Waals surface area contributed by atoms with Crippen molar-refractivity contribution in [2.24, 2.45) is 0 Å². The molecule has 0 fully saturated rings. The zero-order valence-corrected chi connectivity index (χ0v) is 9.07. The van der Waals surface area contributed by atoms with Gasteiger partial charge < -0.3 is 5.11 Å². The highest BCUT2D eigenvalue weighted by Gasteiger charge is 2.16. The Bertz CT molecular complexity index is 162. The van der Waals surface area contributed by atoms with Crippen LogP contribution in [-0.4, -0.2) is 10.7 Å². The normalized spacial score (nSPS) is 15.5. The summed E-state index contributed by atoms with van der Waals surface area (Å²) in [7, 11) is 0. The third kappa shape index (κ3) is 4.55. The van der Waals surface area contributed by atoms with E-state index in [1.54, 1.807) is 0 Å². The minimum absolute atomic E-state index is 0.475. The predicted octanol–water partition coefficient (Wildman–Crippen LogP) is 3.28. The van der Waals surface area contributed by atoms with E-state index in [-0.39, 0.29) is 0 Å². The summed E-state index contributed by atoms with van der Waals surface area (Å²) < 4.78 is 0. The number of hydrogen-bond donors (Lipinski definition) is 1. The zero-order valence-electron chi connectivity index (χ0n) is 9.07. The Kier molecular flexibility index (Phi) is 4.54. The number of aliphatic hydroxyl groups is 1. The summed E-state index contributed by atoms with van der Waals surface area (Å²) in [6, 6.07) is 0. The van der Waals surface area contributed by atoms with Gasteiger partial charge in [0.15, 0.2) is 0 Å². The fourth-order valence-corrected chi connectivity index (χ4v) is 0.884. The van der Waals surface area contributed by atoms with Gasteiger partial charge in [-0.1, -0.05) is 18.1 Å². The van der Waals surface area contributed by atoms with Gasteiger partial charge in [0.05, 0.1) is 5.60 Å². The van der Waals surface area contributed by atoms with E-state index in [4.69, 9.17) is 0 Å². The van der Waals surface area contributed by atoms with Crippen molar-refractivity contribution < 1.29 is 5.11 Å². The first-order chi connectivity index (χ1) is 5.39. The molecule has 0 aliphatic carbocycles. The van der Waals surface area contributed by atoms with E-state index in [0.717, 1.165) is 19.3 Å². The monoisotopic (exact) mass is 170 g/mol. The molecule has 1 heteroatoms. The molecule has 0 aromatic rings. The standard InChI is InChI=1S/C11H22O/c1-6-11(5,12)8-7-10(4)9(2)3/h12H,6-8H2,1-5H3. The van der Waals surface area contributed by atoms with Gasteiger partial charge in [0.25, 0.3) is 0 Å². The van der Waals surface area contributed by atoms with Gasteiger partial charge in [0.1, 0.15) is 0 Å². The summed E-state index contributed by atoms with van der Waals surface area (Å²) in [5.74, 6) is 0. The summed E-state index contributed by atoms with van der Waals surface area (Å²) >= 11 is 0. The summed E-state index contributed by atoms with van der Waals surface area (Å²) in [5, 5.41) is 9.73. The molecule has 0 heterocycles. The molecule has 1 unspecified atom stereocenters. The molecule has 0 spiro atoms. The van der Waals surface area contributed by atoms with Crippen LogP contribution >= 0.6 is 0 Å². The lowest BCUT2D eigenvalue weighted by Crippen LogP contribution is -2.22. The van der Waals surface area contributed by atoms with Crippen LogP contribution in [0.5, 0.6) is 0 Å². The lowest BCUT2D eigenvalue weighted by atomic mass is 9.94. The molecule has 0 aromatic heterocycles. The average Bonchev–Trinajstić information content (AvgIpc) is 2.00. The van der Waals surface area contributed by atoms with Crippen molar-refractivity contribution in [3.8, 4) is 0 Å². The van der Waals surface area contributed by atoms with Crippen molar-refractivity contribution in [3.05, 3.63) is 11.1 Å². The second kappa shape index (κ2) is 4.66. The predicted molar refractivity (Wildman–Crippen MR) is 54.2 cm³/mol. The molecular formula is C11H22O. The molecule has 1 atom stereocenters. The van der Waals surface area contributed by atoms with Crippen molar-refractivity contribution in [2.75, 3.05) is 0 Å². The first-order valence-electron chi connectivity index (χ1n) is 4.74. The molecule has 0 bridgehead atoms. The van der Waals surface area contributed by atoms with Crippen molar-refractivity contribution in [1.29, 1.82) is 0 Å². The third-order valence-electron chi connectivity index (χ3n) is 2.65. The third-order valence-corrected chi connectivity index (χ3v) is 2.65. The first-order valence-corrected chi connectivity index (χ1v) is 4.74. The second-order valence-corrected chi connectivity index (χ2v) is 4.13. The first kappa shape index (κ1) is 11.7. The summed E-state index contributed by atoms with van der Waals surface area (Å²) in [4.78, 5) is 0. The number of allylic oxidation sites excluding steroid dienone is 2. The van der Waals surface area contributed by atoms with E-state index in [2.05, 4.69) is 20.8 Å². The van der Waals surface area contributed by atoms with Crippen LogP contribution in [0.4, 0.5) is 0 Å². The van der Waals surface area contributed by atoms with Crippen molar-refractivity contribution in [1.82, 2.24) is 0 Å². The Morgan fingerprint density at radius 1 is 1.25 bits per heavy atom. The van der Waals surface area contributed by atoms with Crippen molar-refractivity contribution in [3.63, 3.8) is 0 Å². The fourth-order valence-electron chi connectivity index (χ4n) is 0.884. The SMILES string of the molecule is CCC(C)(O)CCC(C)=C(C)C. The summed E-state index contributed by atoms with van der Waals surface area (Å²) in [6.07, 6.45) is 2.73. The van der Waals surface area contributed by atoms with Gasteiger partial charge in [0, 0.05) is 0 Å². The molecule has 0 aromatic carbocycles. The maximum Gasteiger partial charge on any atom is 0.0620 e. The average molecular weight is 170 g/mol. The molecule has 0 aliphatic rings. The molecule has 1 N–H and O–H groups in total. The van der Waals surface area contributed by atoms with Crippen LogP contribution in [0.2, 0.25) is 0 Å². The van der Waals surface area contributed by atoms with E-state index in [9.17, 15) is 5.11 Å². The maximum atomic E-state index is 9.73. The van der Waals surface area contributed by atoms with Crippen LogP contribution in [0.1, 0.15) is 53.9 Å². The molecular weight excluding hydrogens is 148 g/mol. The van der Waals surface area contributed by atoms with Crippen LogP contribution < -0.4 is 0 Å². The smallest absolute Gasteiger partial charge is 0.0620 e. The highest BCUT2D eigenvalue weighted by Crippen LogP contribution is 2.20. The fraction of sp³-hybridized carbons (Fsp3) is 0.818. The minimum atomic E-state index is -0.475. The molecule has 0 saturated heterocycles. The minimum Gasteiger partial charge on any atom is -0.390 e. The van der Waals surface area contributed by atoms with Gasteiger partial charge in [-0.15, -0.1) is 0 Å². The second-order valence-electron chi connectivity index (χ2n) is 4.13. The van der Waals surface area contributed by atoms with E-state index in [1.807, 2.05) is 13.8 Å². The van der Waals surface area contributed by atoms with Crippen LogP contribution in [-0.2, 0) is 0 Å². The van der Waals surface area contributed by atoms with Crippen LogP contribution in [0.3, 0.4) is 0 Å². The summed E-state index contributed by atoms with van der Waals surface area (Å²) in [6.45, 7) is 10.3. The highest BCUT2D eigenvalue weighted by molar-refractivity contribution is 5.06. The highest BCUT2D eigenvalue weighted by atomic mass is 16.3. The zero-order chi connectivity index (χ0) is 9.78. The van der Waals surface area contributed by atoms with Gasteiger partial charge in [-0.25, -0.2) is 0 Å². The number of rotatable bonds is 4. The molecule has 72 valence electrons. The quantitative estimate of drug-likeness (QED) is 0.642. The van der Waals surface area contributed by atoms with Gasteiger partial charge in [0.2, 0.25) is 0 Å². The molecule has 0 rings (SSSR count).